The predicted molar refractivity (Wildman–Crippen MR) is 41.2 cm³/mol. The van der Waals surface area contributed by atoms with Crippen LogP contribution < -0.4 is 5.73 Å². The smallest absolute Gasteiger partial charge is 0.0730 e. The number of hydrogen-bond donors (Lipinski definition) is 1. The Morgan fingerprint density at radius 3 is 3.09 bits per heavy atom. The van der Waals surface area contributed by atoms with E-state index in [9.17, 15) is 0 Å². The van der Waals surface area contributed by atoms with Crippen molar-refractivity contribution in [2.24, 2.45) is 17.6 Å². The Hall–Kier alpha value is -0.120. The van der Waals surface area contributed by atoms with Gasteiger partial charge in [0.25, 0.3) is 0 Å². The van der Waals surface area contributed by atoms with E-state index >= 15 is 0 Å². The molecule has 2 heterocycles. The fraction of sp³-hybridized carbons (Fsp3) is 1.00. The lowest BCUT2D eigenvalue weighted by molar-refractivity contribution is 0.0297. The van der Waals surface area contributed by atoms with Crippen molar-refractivity contribution < 1.29 is 9.47 Å². The van der Waals surface area contributed by atoms with Crippen LogP contribution in [0.2, 0.25) is 0 Å². The molecule has 0 aromatic rings. The van der Waals surface area contributed by atoms with Gasteiger partial charge in [-0.3, -0.25) is 0 Å². The lowest BCUT2D eigenvalue weighted by Crippen LogP contribution is -2.33. The summed E-state index contributed by atoms with van der Waals surface area (Å²) in [5.41, 5.74) is 5.57. The Bertz CT molecular complexity index is 134. The van der Waals surface area contributed by atoms with E-state index in [1.165, 1.54) is 0 Å². The molecule has 0 aromatic carbocycles. The van der Waals surface area contributed by atoms with Crippen molar-refractivity contribution >= 4 is 0 Å². The zero-order chi connectivity index (χ0) is 7.68. The summed E-state index contributed by atoms with van der Waals surface area (Å²) in [4.78, 5) is 0. The average Bonchev–Trinajstić information content (AvgIpc) is 2.47. The zero-order valence-corrected chi connectivity index (χ0v) is 6.66. The minimum absolute atomic E-state index is 0.309. The van der Waals surface area contributed by atoms with Crippen LogP contribution >= 0.6 is 0 Å². The molecule has 2 N–H and O–H groups in total. The second-order valence-electron chi connectivity index (χ2n) is 3.40. The zero-order valence-electron chi connectivity index (χ0n) is 6.66. The van der Waals surface area contributed by atoms with Crippen molar-refractivity contribution in [2.45, 2.75) is 12.5 Å². The van der Waals surface area contributed by atoms with Gasteiger partial charge >= 0.3 is 0 Å². The maximum absolute atomic E-state index is 5.57. The van der Waals surface area contributed by atoms with Crippen LogP contribution in [0.25, 0.3) is 0 Å². The van der Waals surface area contributed by atoms with E-state index in [1.807, 2.05) is 0 Å². The van der Waals surface area contributed by atoms with E-state index < -0.39 is 0 Å². The summed E-state index contributed by atoms with van der Waals surface area (Å²) in [5.74, 6) is 1.30. The molecule has 2 saturated heterocycles. The van der Waals surface area contributed by atoms with E-state index in [-0.39, 0.29) is 0 Å². The Morgan fingerprint density at radius 2 is 2.27 bits per heavy atom. The largest absolute Gasteiger partial charge is 0.381 e. The van der Waals surface area contributed by atoms with Crippen LogP contribution in [0.1, 0.15) is 6.42 Å². The van der Waals surface area contributed by atoms with Crippen LogP contribution in [0.5, 0.6) is 0 Å². The first-order chi connectivity index (χ1) is 5.42. The maximum atomic E-state index is 5.57. The van der Waals surface area contributed by atoms with Gasteiger partial charge < -0.3 is 15.2 Å². The van der Waals surface area contributed by atoms with Crippen molar-refractivity contribution in [1.82, 2.24) is 0 Å². The molecule has 3 nitrogen and oxygen atoms in total. The van der Waals surface area contributed by atoms with Gasteiger partial charge in [0.2, 0.25) is 0 Å². The third kappa shape index (κ3) is 1.28. The second-order valence-corrected chi connectivity index (χ2v) is 3.40. The van der Waals surface area contributed by atoms with Crippen LogP contribution in [-0.2, 0) is 9.47 Å². The molecule has 0 radical (unpaired) electrons. The summed E-state index contributed by atoms with van der Waals surface area (Å²) in [5, 5.41) is 0. The molecule has 3 atom stereocenters. The Kier molecular flexibility index (Phi) is 2.11. The van der Waals surface area contributed by atoms with Crippen LogP contribution in [-0.4, -0.2) is 32.5 Å². The third-order valence-corrected chi connectivity index (χ3v) is 2.77. The van der Waals surface area contributed by atoms with Crippen LogP contribution in [0.4, 0.5) is 0 Å². The minimum atomic E-state index is 0.309. The average molecular weight is 157 g/mol. The van der Waals surface area contributed by atoms with Gasteiger partial charge in [-0.1, -0.05) is 0 Å². The van der Waals surface area contributed by atoms with Gasteiger partial charge in [-0.15, -0.1) is 0 Å². The van der Waals surface area contributed by atoms with Gasteiger partial charge in [0.05, 0.1) is 19.3 Å². The molecule has 2 aliphatic heterocycles. The lowest BCUT2D eigenvalue weighted by atomic mass is 9.87. The quantitative estimate of drug-likeness (QED) is 0.582. The molecular weight excluding hydrogens is 142 g/mol. The predicted octanol–water partition coefficient (Wildman–Crippen LogP) is -0.00340. The Balaban J connectivity index is 1.98. The van der Waals surface area contributed by atoms with Crippen LogP contribution in [0.15, 0.2) is 0 Å². The minimum Gasteiger partial charge on any atom is -0.381 e. The van der Waals surface area contributed by atoms with E-state index in [1.54, 1.807) is 0 Å². The topological polar surface area (TPSA) is 44.5 Å². The van der Waals surface area contributed by atoms with Gasteiger partial charge in [-0.2, -0.15) is 0 Å². The van der Waals surface area contributed by atoms with E-state index in [0.717, 1.165) is 26.2 Å². The van der Waals surface area contributed by atoms with Gasteiger partial charge in [0.1, 0.15) is 0 Å². The molecule has 0 spiro atoms. The standard InChI is InChI=1S/C8H15NO2/c9-3-8-7-1-2-10-4-6(7)5-11-8/h6-8H,1-5,9H2/t6-,7+,8-/m0/s1. The summed E-state index contributed by atoms with van der Waals surface area (Å²) >= 11 is 0. The summed E-state index contributed by atoms with van der Waals surface area (Å²) in [6.07, 6.45) is 1.44. The molecule has 0 bridgehead atoms. The molecule has 2 aliphatic rings. The monoisotopic (exact) mass is 157 g/mol. The first kappa shape index (κ1) is 7.53. The van der Waals surface area contributed by atoms with Gasteiger partial charge in [-0.25, -0.2) is 0 Å². The number of fused-ring (bicyclic) bond motifs is 1. The van der Waals surface area contributed by atoms with E-state index in [0.29, 0.717) is 24.5 Å². The maximum Gasteiger partial charge on any atom is 0.0730 e. The molecule has 11 heavy (non-hydrogen) atoms. The molecule has 0 saturated carbocycles. The number of rotatable bonds is 1. The Labute approximate surface area is 66.8 Å². The van der Waals surface area contributed by atoms with Crippen molar-refractivity contribution in [1.29, 1.82) is 0 Å². The van der Waals surface area contributed by atoms with Crippen molar-refractivity contribution in [2.75, 3.05) is 26.4 Å². The van der Waals surface area contributed by atoms with Gasteiger partial charge in [-0.05, 0) is 12.3 Å². The molecule has 2 rings (SSSR count). The van der Waals surface area contributed by atoms with Crippen molar-refractivity contribution in [3.63, 3.8) is 0 Å². The first-order valence-corrected chi connectivity index (χ1v) is 4.31. The summed E-state index contributed by atoms with van der Waals surface area (Å²) < 4.78 is 10.9. The first-order valence-electron chi connectivity index (χ1n) is 4.31. The lowest BCUT2D eigenvalue weighted by Gasteiger charge is -2.26. The molecule has 0 aliphatic carbocycles. The third-order valence-electron chi connectivity index (χ3n) is 2.77. The molecule has 0 unspecified atom stereocenters. The number of hydrogen-bond acceptors (Lipinski definition) is 3. The number of ether oxygens (including phenoxy) is 2. The van der Waals surface area contributed by atoms with Crippen molar-refractivity contribution in [3.8, 4) is 0 Å². The van der Waals surface area contributed by atoms with Gasteiger partial charge in [0, 0.05) is 19.1 Å². The molecule has 64 valence electrons. The number of nitrogens with two attached hydrogens (primary N) is 1. The summed E-state index contributed by atoms with van der Waals surface area (Å²) in [6.45, 7) is 3.29. The molecule has 2 fully saturated rings. The molecule has 0 amide bonds. The Morgan fingerprint density at radius 1 is 1.36 bits per heavy atom. The SMILES string of the molecule is NC[C@@H]1OC[C@@H]2COCC[C@H]21. The summed E-state index contributed by atoms with van der Waals surface area (Å²) in [6, 6.07) is 0. The van der Waals surface area contributed by atoms with E-state index in [2.05, 4.69) is 0 Å². The highest BCUT2D eigenvalue weighted by molar-refractivity contribution is 4.86. The van der Waals surface area contributed by atoms with Crippen LogP contribution in [0.3, 0.4) is 0 Å². The summed E-state index contributed by atoms with van der Waals surface area (Å²) in [7, 11) is 0. The fourth-order valence-corrected chi connectivity index (χ4v) is 2.09. The van der Waals surface area contributed by atoms with E-state index in [4.69, 9.17) is 15.2 Å². The molecular formula is C8H15NO2. The molecule has 3 heteroatoms. The fourth-order valence-electron chi connectivity index (χ4n) is 2.09. The highest BCUT2D eigenvalue weighted by Gasteiger charge is 2.38. The van der Waals surface area contributed by atoms with Crippen LogP contribution in [0, 0.1) is 11.8 Å². The molecule has 0 aromatic heterocycles. The van der Waals surface area contributed by atoms with Crippen molar-refractivity contribution in [3.05, 3.63) is 0 Å². The highest BCUT2D eigenvalue weighted by Crippen LogP contribution is 2.32. The normalized spacial score (nSPS) is 43.9. The second kappa shape index (κ2) is 3.09. The highest BCUT2D eigenvalue weighted by atomic mass is 16.5. The van der Waals surface area contributed by atoms with Gasteiger partial charge in [0.15, 0.2) is 0 Å².